The quantitative estimate of drug-likeness (QED) is 0.738. The summed E-state index contributed by atoms with van der Waals surface area (Å²) in [5.41, 5.74) is 1.33. The maximum Gasteiger partial charge on any atom is 0.338 e. The zero-order valence-electron chi connectivity index (χ0n) is 15.4. The molecule has 0 bridgehead atoms. The topological polar surface area (TPSA) is 85.9 Å². The lowest BCUT2D eigenvalue weighted by Gasteiger charge is -2.31. The van der Waals surface area contributed by atoms with Gasteiger partial charge >= 0.3 is 12.0 Å². The summed E-state index contributed by atoms with van der Waals surface area (Å²) in [7, 11) is 2.97. The second-order valence-electron chi connectivity index (χ2n) is 5.94. The van der Waals surface area contributed by atoms with Gasteiger partial charge < -0.3 is 24.8 Å². The second-order valence-corrected chi connectivity index (χ2v) is 6.32. The summed E-state index contributed by atoms with van der Waals surface area (Å²) >= 11 is 6.50. The van der Waals surface area contributed by atoms with Crippen molar-refractivity contribution in [2.45, 2.75) is 26.8 Å². The van der Waals surface area contributed by atoms with Gasteiger partial charge in [-0.15, -0.1) is 0 Å². The first-order valence-electron chi connectivity index (χ1n) is 8.24. The van der Waals surface area contributed by atoms with Crippen molar-refractivity contribution in [1.29, 1.82) is 0 Å². The van der Waals surface area contributed by atoms with Crippen LogP contribution in [0.4, 0.5) is 4.79 Å². The molecule has 1 aromatic rings. The lowest BCUT2D eigenvalue weighted by atomic mass is 9.91. The number of urea groups is 1. The molecule has 0 saturated carbocycles. The van der Waals surface area contributed by atoms with Crippen molar-refractivity contribution in [2.24, 2.45) is 5.92 Å². The average molecular weight is 383 g/mol. The van der Waals surface area contributed by atoms with E-state index in [2.05, 4.69) is 10.6 Å². The molecule has 26 heavy (non-hydrogen) atoms. The van der Waals surface area contributed by atoms with Gasteiger partial charge in [-0.25, -0.2) is 9.59 Å². The molecule has 1 aliphatic heterocycles. The largest absolute Gasteiger partial charge is 0.493 e. The number of carbonyl (C=O) groups is 2. The van der Waals surface area contributed by atoms with Gasteiger partial charge in [0.25, 0.3) is 0 Å². The van der Waals surface area contributed by atoms with Crippen LogP contribution in [-0.4, -0.2) is 32.8 Å². The summed E-state index contributed by atoms with van der Waals surface area (Å²) in [6.45, 7) is 5.70. The number of esters is 1. The van der Waals surface area contributed by atoms with E-state index in [1.165, 1.54) is 14.2 Å². The molecule has 1 atom stereocenters. The Morgan fingerprint density at radius 1 is 1.27 bits per heavy atom. The zero-order chi connectivity index (χ0) is 19.4. The minimum absolute atomic E-state index is 0.0955. The Morgan fingerprint density at radius 2 is 1.96 bits per heavy atom. The summed E-state index contributed by atoms with van der Waals surface area (Å²) in [5, 5.41) is 5.71. The van der Waals surface area contributed by atoms with Gasteiger partial charge in [0.05, 0.1) is 37.5 Å². The molecule has 1 aromatic carbocycles. The Bertz CT molecular complexity index is 745. The number of nitrogens with one attached hydrogen (secondary N) is 2. The van der Waals surface area contributed by atoms with Crippen molar-refractivity contribution in [2.75, 3.05) is 20.8 Å². The van der Waals surface area contributed by atoms with E-state index in [9.17, 15) is 9.59 Å². The van der Waals surface area contributed by atoms with Crippen molar-refractivity contribution in [3.05, 3.63) is 34.0 Å². The van der Waals surface area contributed by atoms with Crippen LogP contribution < -0.4 is 20.1 Å². The predicted molar refractivity (Wildman–Crippen MR) is 97.5 cm³/mol. The number of carbonyl (C=O) groups excluding carboxylic acids is 2. The molecule has 0 saturated heterocycles. The van der Waals surface area contributed by atoms with Crippen LogP contribution in [-0.2, 0) is 9.53 Å². The Kier molecular flexibility index (Phi) is 6.37. The summed E-state index contributed by atoms with van der Waals surface area (Å²) in [4.78, 5) is 24.8. The molecule has 2 N–H and O–H groups in total. The van der Waals surface area contributed by atoms with Gasteiger partial charge in [0.1, 0.15) is 0 Å². The van der Waals surface area contributed by atoms with Crippen molar-refractivity contribution in [3.63, 3.8) is 0 Å². The molecule has 0 spiro atoms. The first-order chi connectivity index (χ1) is 12.3. The number of amides is 2. The number of methoxy groups -OCH3 is 2. The van der Waals surface area contributed by atoms with Gasteiger partial charge in [-0.1, -0.05) is 31.5 Å². The first kappa shape index (κ1) is 19.9. The number of hydrogen-bond donors (Lipinski definition) is 2. The van der Waals surface area contributed by atoms with E-state index >= 15 is 0 Å². The number of allylic oxidation sites excluding steroid dienone is 1. The van der Waals surface area contributed by atoms with Gasteiger partial charge in [0.2, 0.25) is 0 Å². The fraction of sp³-hybridized carbons (Fsp3) is 0.444. The van der Waals surface area contributed by atoms with E-state index < -0.39 is 18.0 Å². The third-order valence-corrected chi connectivity index (χ3v) is 4.39. The maximum absolute atomic E-state index is 12.6. The van der Waals surface area contributed by atoms with Crippen LogP contribution in [0, 0.1) is 5.92 Å². The summed E-state index contributed by atoms with van der Waals surface area (Å²) in [5.74, 6) is 0.169. The lowest BCUT2D eigenvalue weighted by Crippen LogP contribution is -2.47. The molecule has 2 rings (SSSR count). The maximum atomic E-state index is 12.6. The molecule has 0 radical (unpaired) electrons. The lowest BCUT2D eigenvalue weighted by molar-refractivity contribution is -0.139. The van der Waals surface area contributed by atoms with Gasteiger partial charge in [-0.05, 0) is 18.9 Å². The van der Waals surface area contributed by atoms with Crippen LogP contribution in [0.5, 0.6) is 11.5 Å². The molecule has 8 heteroatoms. The third-order valence-electron chi connectivity index (χ3n) is 4.00. The summed E-state index contributed by atoms with van der Waals surface area (Å²) < 4.78 is 15.8. The number of benzene rings is 1. The van der Waals surface area contributed by atoms with Gasteiger partial charge in [-0.2, -0.15) is 0 Å². The van der Waals surface area contributed by atoms with Gasteiger partial charge in [0, 0.05) is 11.3 Å². The van der Waals surface area contributed by atoms with Crippen LogP contribution in [0.3, 0.4) is 0 Å². The Balaban J connectivity index is 2.66. The first-order valence-corrected chi connectivity index (χ1v) is 8.62. The smallest absolute Gasteiger partial charge is 0.338 e. The number of halogens is 1. The van der Waals surface area contributed by atoms with Crippen LogP contribution in [0.1, 0.15) is 32.4 Å². The van der Waals surface area contributed by atoms with E-state index in [-0.39, 0.29) is 17.5 Å². The second kappa shape index (κ2) is 8.31. The molecule has 0 fully saturated rings. The van der Waals surface area contributed by atoms with Crippen molar-refractivity contribution >= 4 is 23.6 Å². The molecular weight excluding hydrogens is 360 g/mol. The average Bonchev–Trinajstić information content (AvgIpc) is 2.60. The summed E-state index contributed by atoms with van der Waals surface area (Å²) in [6, 6.07) is 2.17. The monoisotopic (exact) mass is 382 g/mol. The minimum atomic E-state index is -0.771. The van der Waals surface area contributed by atoms with Crippen LogP contribution in [0.15, 0.2) is 23.4 Å². The molecule has 1 aliphatic rings. The molecule has 7 nitrogen and oxygen atoms in total. The predicted octanol–water partition coefficient (Wildman–Crippen LogP) is 3.18. The highest BCUT2D eigenvalue weighted by Crippen LogP contribution is 2.42. The fourth-order valence-electron chi connectivity index (χ4n) is 2.84. The van der Waals surface area contributed by atoms with E-state index in [4.69, 9.17) is 25.8 Å². The molecule has 1 unspecified atom stereocenters. The summed E-state index contributed by atoms with van der Waals surface area (Å²) in [6.07, 6.45) is 0. The highest BCUT2D eigenvalue weighted by atomic mass is 35.5. The van der Waals surface area contributed by atoms with E-state index in [1.807, 2.05) is 13.8 Å². The van der Waals surface area contributed by atoms with Crippen molar-refractivity contribution in [1.82, 2.24) is 10.6 Å². The van der Waals surface area contributed by atoms with Crippen molar-refractivity contribution in [3.8, 4) is 11.5 Å². The molecule has 2 amide bonds. The van der Waals surface area contributed by atoms with E-state index in [0.717, 1.165) is 0 Å². The molecule has 0 aromatic heterocycles. The van der Waals surface area contributed by atoms with Crippen LogP contribution in [0.25, 0.3) is 0 Å². The third kappa shape index (κ3) is 3.72. The van der Waals surface area contributed by atoms with Gasteiger partial charge in [-0.3, -0.25) is 0 Å². The van der Waals surface area contributed by atoms with Crippen molar-refractivity contribution < 1.29 is 23.8 Å². The van der Waals surface area contributed by atoms with E-state index in [0.29, 0.717) is 28.3 Å². The minimum Gasteiger partial charge on any atom is -0.493 e. The standard InChI is InChI=1S/C18H23ClN2O5/c1-6-26-17(22)12-14(9(2)3)20-18(23)21-15(12)10-7-8-11(24-4)16(25-5)13(10)19/h7-9,15H,6H2,1-5H3,(H2,20,21,23). The normalized spacial score (nSPS) is 16.9. The Morgan fingerprint density at radius 3 is 2.50 bits per heavy atom. The van der Waals surface area contributed by atoms with E-state index in [1.54, 1.807) is 19.1 Å². The van der Waals surface area contributed by atoms with Crippen LogP contribution >= 0.6 is 11.6 Å². The Hall–Kier alpha value is -2.41. The molecular formula is C18H23ClN2O5. The highest BCUT2D eigenvalue weighted by molar-refractivity contribution is 6.33. The molecule has 142 valence electrons. The Labute approximate surface area is 157 Å². The number of hydrogen-bond acceptors (Lipinski definition) is 5. The van der Waals surface area contributed by atoms with Gasteiger partial charge in [0.15, 0.2) is 11.5 Å². The number of ether oxygens (including phenoxy) is 3. The molecule has 1 heterocycles. The zero-order valence-corrected chi connectivity index (χ0v) is 16.2. The fourth-order valence-corrected chi connectivity index (χ4v) is 3.18. The molecule has 0 aliphatic carbocycles. The van der Waals surface area contributed by atoms with Crippen LogP contribution in [0.2, 0.25) is 5.02 Å². The highest BCUT2D eigenvalue weighted by Gasteiger charge is 2.36. The number of rotatable bonds is 6. The SMILES string of the molecule is CCOC(=O)C1=C(C(C)C)NC(=O)NC1c1ccc(OC)c(OC)c1Cl.